The first kappa shape index (κ1) is 17.8. The van der Waals surface area contributed by atoms with Crippen molar-refractivity contribution in [2.24, 2.45) is 11.7 Å². The van der Waals surface area contributed by atoms with Crippen LogP contribution in [0.5, 0.6) is 0 Å². The summed E-state index contributed by atoms with van der Waals surface area (Å²) >= 11 is 0. The van der Waals surface area contributed by atoms with E-state index in [9.17, 15) is 13.2 Å². The fourth-order valence-electron chi connectivity index (χ4n) is 2.85. The highest BCUT2D eigenvalue weighted by Gasteiger charge is 2.25. The van der Waals surface area contributed by atoms with E-state index in [1.807, 2.05) is 0 Å². The van der Waals surface area contributed by atoms with Crippen LogP contribution in [0, 0.1) is 5.92 Å². The first-order chi connectivity index (χ1) is 11.0. The molecule has 2 unspecified atom stereocenters. The van der Waals surface area contributed by atoms with Crippen LogP contribution in [0.4, 0.5) is 0 Å². The Labute approximate surface area is 137 Å². The van der Waals surface area contributed by atoms with Crippen LogP contribution in [-0.4, -0.2) is 38.4 Å². The summed E-state index contributed by atoms with van der Waals surface area (Å²) in [6.45, 7) is 0.627. The number of aromatic nitrogens is 1. The lowest BCUT2D eigenvalue weighted by Crippen LogP contribution is -2.45. The third-order valence-corrected chi connectivity index (χ3v) is 5.59. The highest BCUT2D eigenvalue weighted by atomic mass is 32.2. The molecule has 0 saturated heterocycles. The molecule has 0 aromatic carbocycles. The van der Waals surface area contributed by atoms with E-state index in [0.29, 0.717) is 12.5 Å². The van der Waals surface area contributed by atoms with Gasteiger partial charge in [-0.05, 0) is 37.4 Å². The Kier molecular flexibility index (Phi) is 6.49. The summed E-state index contributed by atoms with van der Waals surface area (Å²) in [5.74, 6) is 0.170. The van der Waals surface area contributed by atoms with Gasteiger partial charge in [0.2, 0.25) is 15.9 Å². The number of nitrogens with zero attached hydrogens (tertiary/aromatic N) is 1. The summed E-state index contributed by atoms with van der Waals surface area (Å²) < 4.78 is 26.4. The molecule has 8 heteroatoms. The van der Waals surface area contributed by atoms with E-state index in [2.05, 4.69) is 15.0 Å². The second kappa shape index (κ2) is 8.37. The molecule has 0 aliphatic heterocycles. The van der Waals surface area contributed by atoms with E-state index >= 15 is 0 Å². The number of nitrogens with two attached hydrogens (primary N) is 1. The smallest absolute Gasteiger partial charge is 0.242 e. The molecule has 7 nitrogen and oxygen atoms in total. The lowest BCUT2D eigenvalue weighted by Gasteiger charge is -2.31. The summed E-state index contributed by atoms with van der Waals surface area (Å²) in [5, 5.41) is 2.98. The van der Waals surface area contributed by atoms with Gasteiger partial charge in [0, 0.05) is 31.4 Å². The van der Waals surface area contributed by atoms with Crippen LogP contribution in [0.3, 0.4) is 0 Å². The molecule has 0 radical (unpaired) electrons. The van der Waals surface area contributed by atoms with Crippen molar-refractivity contribution in [1.82, 2.24) is 15.0 Å². The lowest BCUT2D eigenvalue weighted by molar-refractivity contribution is -0.122. The second-order valence-electron chi connectivity index (χ2n) is 5.79. The monoisotopic (exact) mass is 340 g/mol. The summed E-state index contributed by atoms with van der Waals surface area (Å²) in [5.41, 5.74) is 5.74. The molecule has 1 aliphatic rings. The Balaban J connectivity index is 1.78. The largest absolute Gasteiger partial charge is 0.353 e. The molecule has 1 fully saturated rings. The second-order valence-corrected chi connectivity index (χ2v) is 7.56. The van der Waals surface area contributed by atoms with Crippen LogP contribution in [-0.2, 0) is 14.8 Å². The number of carbonyl (C=O) groups excluding carboxylic acids is 1. The van der Waals surface area contributed by atoms with Crippen LogP contribution >= 0.6 is 0 Å². The number of hydrogen-bond donors (Lipinski definition) is 3. The van der Waals surface area contributed by atoms with Gasteiger partial charge < -0.3 is 11.1 Å². The molecule has 2 rings (SSSR count). The van der Waals surface area contributed by atoms with E-state index in [4.69, 9.17) is 5.73 Å². The van der Waals surface area contributed by atoms with E-state index in [1.54, 1.807) is 6.07 Å². The molecule has 1 saturated carbocycles. The summed E-state index contributed by atoms with van der Waals surface area (Å²) in [6.07, 6.45) is 7.10. The minimum absolute atomic E-state index is 0.0586. The topological polar surface area (TPSA) is 114 Å². The fraction of sp³-hybridized carbons (Fsp3) is 0.600. The quantitative estimate of drug-likeness (QED) is 0.664. The van der Waals surface area contributed by atoms with Crippen molar-refractivity contribution in [1.29, 1.82) is 0 Å². The number of sulfonamides is 1. The zero-order valence-electron chi connectivity index (χ0n) is 13.1. The Morgan fingerprint density at radius 2 is 2.13 bits per heavy atom. The SMILES string of the molecule is NCC1CCCCC1NC(=O)CCNS(=O)(=O)c1cccnc1. The van der Waals surface area contributed by atoms with Gasteiger partial charge in [-0.1, -0.05) is 12.8 Å². The highest BCUT2D eigenvalue weighted by Crippen LogP contribution is 2.23. The first-order valence-electron chi connectivity index (χ1n) is 7.92. The van der Waals surface area contributed by atoms with Crippen molar-refractivity contribution >= 4 is 15.9 Å². The van der Waals surface area contributed by atoms with Gasteiger partial charge in [0.25, 0.3) is 0 Å². The minimum Gasteiger partial charge on any atom is -0.353 e. The number of rotatable bonds is 7. The fourth-order valence-corrected chi connectivity index (χ4v) is 3.84. The predicted molar refractivity (Wildman–Crippen MR) is 87.0 cm³/mol. The van der Waals surface area contributed by atoms with Crippen LogP contribution in [0.15, 0.2) is 29.4 Å². The summed E-state index contributed by atoms with van der Waals surface area (Å²) in [6, 6.07) is 3.12. The van der Waals surface area contributed by atoms with E-state index in [-0.39, 0.29) is 29.8 Å². The number of nitrogens with one attached hydrogen (secondary N) is 2. The van der Waals surface area contributed by atoms with Gasteiger partial charge >= 0.3 is 0 Å². The maximum absolute atomic E-state index is 12.0. The molecular formula is C15H24N4O3S. The Hall–Kier alpha value is -1.51. The molecule has 1 aromatic rings. The Bertz CT molecular complexity index is 606. The average molecular weight is 340 g/mol. The molecule has 0 spiro atoms. The van der Waals surface area contributed by atoms with Crippen molar-refractivity contribution in [3.05, 3.63) is 24.5 Å². The first-order valence-corrected chi connectivity index (χ1v) is 9.40. The van der Waals surface area contributed by atoms with Gasteiger partial charge in [-0.2, -0.15) is 0 Å². The third kappa shape index (κ3) is 5.26. The zero-order chi connectivity index (χ0) is 16.7. The Morgan fingerprint density at radius 1 is 1.35 bits per heavy atom. The van der Waals surface area contributed by atoms with Crippen molar-refractivity contribution < 1.29 is 13.2 Å². The van der Waals surface area contributed by atoms with Gasteiger partial charge in [-0.3, -0.25) is 9.78 Å². The molecule has 1 aliphatic carbocycles. The number of amides is 1. The predicted octanol–water partition coefficient (Wildman–Crippen LogP) is 0.384. The zero-order valence-corrected chi connectivity index (χ0v) is 13.9. The number of hydrogen-bond acceptors (Lipinski definition) is 5. The highest BCUT2D eigenvalue weighted by molar-refractivity contribution is 7.89. The minimum atomic E-state index is -3.62. The van der Waals surface area contributed by atoms with Crippen LogP contribution in [0.1, 0.15) is 32.1 Å². The number of carbonyl (C=O) groups is 1. The van der Waals surface area contributed by atoms with Crippen LogP contribution in [0.25, 0.3) is 0 Å². The molecule has 0 bridgehead atoms. The molecule has 1 heterocycles. The summed E-state index contributed by atoms with van der Waals surface area (Å²) in [7, 11) is -3.62. The normalized spacial score (nSPS) is 21.8. The van der Waals surface area contributed by atoms with E-state index < -0.39 is 10.0 Å². The number of pyridine rings is 1. The molecule has 128 valence electrons. The van der Waals surface area contributed by atoms with Crippen molar-refractivity contribution in [3.63, 3.8) is 0 Å². The molecule has 2 atom stereocenters. The maximum atomic E-state index is 12.0. The van der Waals surface area contributed by atoms with Crippen LogP contribution in [0.2, 0.25) is 0 Å². The summed E-state index contributed by atoms with van der Waals surface area (Å²) in [4.78, 5) is 15.9. The van der Waals surface area contributed by atoms with Gasteiger partial charge in [0.15, 0.2) is 0 Å². The molecule has 1 aromatic heterocycles. The van der Waals surface area contributed by atoms with E-state index in [0.717, 1.165) is 25.7 Å². The Morgan fingerprint density at radius 3 is 2.83 bits per heavy atom. The standard InChI is InChI=1S/C15H24N4O3S/c16-10-12-4-1-2-6-14(12)19-15(20)7-9-18-23(21,22)13-5-3-8-17-11-13/h3,5,8,11-12,14,18H,1-2,4,6-7,9-10,16H2,(H,19,20). The van der Waals surface area contributed by atoms with Crippen LogP contribution < -0.4 is 15.8 Å². The molecule has 4 N–H and O–H groups in total. The molecular weight excluding hydrogens is 316 g/mol. The molecule has 23 heavy (non-hydrogen) atoms. The van der Waals surface area contributed by atoms with Crippen molar-refractivity contribution in [2.45, 2.75) is 43.0 Å². The lowest BCUT2D eigenvalue weighted by atomic mass is 9.84. The molecule has 1 amide bonds. The van der Waals surface area contributed by atoms with Crippen molar-refractivity contribution in [2.75, 3.05) is 13.1 Å². The van der Waals surface area contributed by atoms with E-state index in [1.165, 1.54) is 18.5 Å². The maximum Gasteiger partial charge on any atom is 0.242 e. The van der Waals surface area contributed by atoms with Gasteiger partial charge in [-0.25, -0.2) is 13.1 Å². The van der Waals surface area contributed by atoms with Gasteiger partial charge in [0.05, 0.1) is 0 Å². The third-order valence-electron chi connectivity index (χ3n) is 4.15. The van der Waals surface area contributed by atoms with Gasteiger partial charge in [-0.15, -0.1) is 0 Å². The van der Waals surface area contributed by atoms with Crippen molar-refractivity contribution in [3.8, 4) is 0 Å². The average Bonchev–Trinajstić information content (AvgIpc) is 2.56. The van der Waals surface area contributed by atoms with Gasteiger partial charge in [0.1, 0.15) is 4.90 Å².